The Balaban J connectivity index is 1.60. The SMILES string of the molecule is c1cc(-c2nc(N3CCNCC3)c3c(C4CCCC4)cncc3n2)c2cn[nH]c2n1. The molecule has 2 fully saturated rings. The van der Waals surface area contributed by atoms with Gasteiger partial charge in [-0.3, -0.25) is 10.1 Å². The van der Waals surface area contributed by atoms with E-state index in [1.54, 1.807) is 12.4 Å². The summed E-state index contributed by atoms with van der Waals surface area (Å²) in [6.07, 6.45) is 12.5. The van der Waals surface area contributed by atoms with E-state index in [1.807, 2.05) is 18.5 Å². The van der Waals surface area contributed by atoms with E-state index in [1.165, 1.54) is 36.6 Å². The van der Waals surface area contributed by atoms with Crippen LogP contribution in [0.4, 0.5) is 5.82 Å². The number of H-pyrrole nitrogens is 1. The van der Waals surface area contributed by atoms with Crippen molar-refractivity contribution in [2.45, 2.75) is 31.6 Å². The van der Waals surface area contributed by atoms with Crippen molar-refractivity contribution < 1.29 is 0 Å². The van der Waals surface area contributed by atoms with Gasteiger partial charge in [0.1, 0.15) is 5.82 Å². The van der Waals surface area contributed by atoms with Crippen molar-refractivity contribution in [1.82, 2.24) is 35.5 Å². The van der Waals surface area contributed by atoms with Crippen molar-refractivity contribution in [3.8, 4) is 11.4 Å². The summed E-state index contributed by atoms with van der Waals surface area (Å²) in [7, 11) is 0. The van der Waals surface area contributed by atoms with Gasteiger partial charge in [0.25, 0.3) is 0 Å². The van der Waals surface area contributed by atoms with Crippen molar-refractivity contribution in [2.75, 3.05) is 31.1 Å². The summed E-state index contributed by atoms with van der Waals surface area (Å²) in [6, 6.07) is 1.97. The van der Waals surface area contributed by atoms with Gasteiger partial charge in [0, 0.05) is 54.9 Å². The van der Waals surface area contributed by atoms with Gasteiger partial charge in [-0.2, -0.15) is 5.10 Å². The minimum Gasteiger partial charge on any atom is -0.353 e. The number of nitrogens with one attached hydrogen (secondary N) is 2. The first-order valence-corrected chi connectivity index (χ1v) is 10.8. The zero-order valence-electron chi connectivity index (χ0n) is 16.8. The van der Waals surface area contributed by atoms with Crippen molar-refractivity contribution in [3.05, 3.63) is 36.4 Å². The summed E-state index contributed by atoms with van der Waals surface area (Å²) < 4.78 is 0. The van der Waals surface area contributed by atoms with E-state index >= 15 is 0 Å². The topological polar surface area (TPSA) is 95.5 Å². The third kappa shape index (κ3) is 2.90. The molecule has 0 amide bonds. The molecule has 4 aromatic heterocycles. The fourth-order valence-electron chi connectivity index (χ4n) is 4.91. The third-order valence-electron chi connectivity index (χ3n) is 6.42. The van der Waals surface area contributed by atoms with Gasteiger partial charge in [0.15, 0.2) is 11.5 Å². The van der Waals surface area contributed by atoms with Crippen LogP contribution in [0.3, 0.4) is 0 Å². The Kier molecular flexibility index (Phi) is 4.30. The van der Waals surface area contributed by atoms with Crippen LogP contribution in [0.15, 0.2) is 30.9 Å². The van der Waals surface area contributed by atoms with Crippen LogP contribution in [0.25, 0.3) is 33.3 Å². The number of hydrogen-bond acceptors (Lipinski definition) is 7. The average Bonchev–Trinajstić information content (AvgIpc) is 3.50. The molecule has 1 aliphatic carbocycles. The van der Waals surface area contributed by atoms with E-state index in [2.05, 4.69) is 30.4 Å². The molecule has 0 unspecified atom stereocenters. The lowest BCUT2D eigenvalue weighted by Gasteiger charge is -2.30. The molecule has 8 heteroatoms. The number of hydrogen-bond donors (Lipinski definition) is 2. The van der Waals surface area contributed by atoms with Gasteiger partial charge < -0.3 is 10.2 Å². The highest BCUT2D eigenvalue weighted by Gasteiger charge is 2.25. The van der Waals surface area contributed by atoms with E-state index in [4.69, 9.17) is 9.97 Å². The van der Waals surface area contributed by atoms with Crippen LogP contribution in [0.5, 0.6) is 0 Å². The Morgan fingerprint density at radius 2 is 1.87 bits per heavy atom. The second-order valence-corrected chi connectivity index (χ2v) is 8.20. The summed E-state index contributed by atoms with van der Waals surface area (Å²) >= 11 is 0. The Bertz CT molecular complexity index is 1200. The highest BCUT2D eigenvalue weighted by molar-refractivity contribution is 5.96. The minimum absolute atomic E-state index is 0.554. The molecule has 0 atom stereocenters. The highest BCUT2D eigenvalue weighted by atomic mass is 15.2. The largest absolute Gasteiger partial charge is 0.353 e. The molecule has 8 nitrogen and oxygen atoms in total. The van der Waals surface area contributed by atoms with E-state index in [0.717, 1.165) is 54.1 Å². The Morgan fingerprint density at radius 3 is 2.73 bits per heavy atom. The van der Waals surface area contributed by atoms with Gasteiger partial charge in [-0.05, 0) is 30.4 Å². The van der Waals surface area contributed by atoms with E-state index in [-0.39, 0.29) is 0 Å². The predicted octanol–water partition coefficient (Wildman–Crippen LogP) is 3.03. The number of pyridine rings is 2. The van der Waals surface area contributed by atoms with Crippen molar-refractivity contribution in [2.24, 2.45) is 0 Å². The lowest BCUT2D eigenvalue weighted by atomic mass is 9.95. The zero-order valence-corrected chi connectivity index (χ0v) is 16.8. The maximum Gasteiger partial charge on any atom is 0.163 e. The molecule has 6 rings (SSSR count). The molecule has 1 saturated heterocycles. The fraction of sp³-hybridized carbons (Fsp3) is 0.409. The molecule has 0 bridgehead atoms. The first-order valence-electron chi connectivity index (χ1n) is 10.8. The summed E-state index contributed by atoms with van der Waals surface area (Å²) in [4.78, 5) is 21.5. The van der Waals surface area contributed by atoms with Crippen molar-refractivity contribution >= 4 is 27.8 Å². The third-order valence-corrected chi connectivity index (χ3v) is 6.42. The van der Waals surface area contributed by atoms with E-state index in [9.17, 15) is 0 Å². The minimum atomic E-state index is 0.554. The average molecular weight is 400 g/mol. The predicted molar refractivity (Wildman–Crippen MR) is 117 cm³/mol. The Morgan fingerprint density at radius 1 is 1.00 bits per heavy atom. The molecule has 0 aromatic carbocycles. The fourth-order valence-corrected chi connectivity index (χ4v) is 4.91. The van der Waals surface area contributed by atoms with Crippen LogP contribution < -0.4 is 10.2 Å². The molecule has 5 heterocycles. The molecule has 2 aliphatic rings. The van der Waals surface area contributed by atoms with Crippen LogP contribution in [-0.4, -0.2) is 56.3 Å². The molecular formula is C22H24N8. The number of aromatic amines is 1. The molecule has 0 radical (unpaired) electrons. The number of aromatic nitrogens is 6. The first kappa shape index (κ1) is 17.7. The molecule has 4 aromatic rings. The first-order chi connectivity index (χ1) is 14.9. The summed E-state index contributed by atoms with van der Waals surface area (Å²) in [6.45, 7) is 3.81. The van der Waals surface area contributed by atoms with Crippen LogP contribution in [0, 0.1) is 0 Å². The lowest BCUT2D eigenvalue weighted by molar-refractivity contribution is 0.586. The quantitative estimate of drug-likeness (QED) is 0.546. The van der Waals surface area contributed by atoms with Gasteiger partial charge in [-0.25, -0.2) is 15.0 Å². The smallest absolute Gasteiger partial charge is 0.163 e. The van der Waals surface area contributed by atoms with Crippen LogP contribution in [0.1, 0.15) is 37.2 Å². The second kappa shape index (κ2) is 7.28. The van der Waals surface area contributed by atoms with Crippen molar-refractivity contribution in [1.29, 1.82) is 0 Å². The highest BCUT2D eigenvalue weighted by Crippen LogP contribution is 2.40. The second-order valence-electron chi connectivity index (χ2n) is 8.20. The van der Waals surface area contributed by atoms with Crippen LogP contribution in [-0.2, 0) is 0 Å². The molecule has 0 spiro atoms. The maximum absolute atomic E-state index is 5.15. The van der Waals surface area contributed by atoms with Crippen LogP contribution in [0.2, 0.25) is 0 Å². The molecule has 30 heavy (non-hydrogen) atoms. The molecule has 1 saturated carbocycles. The normalized spacial score (nSPS) is 17.9. The van der Waals surface area contributed by atoms with E-state index in [0.29, 0.717) is 11.7 Å². The number of piperazine rings is 1. The van der Waals surface area contributed by atoms with Gasteiger partial charge in [0.2, 0.25) is 0 Å². The number of nitrogens with zero attached hydrogens (tertiary/aromatic N) is 6. The van der Waals surface area contributed by atoms with Gasteiger partial charge in [-0.1, -0.05) is 12.8 Å². The zero-order chi connectivity index (χ0) is 19.9. The monoisotopic (exact) mass is 400 g/mol. The standard InChI is InChI=1S/C22H24N8/c1-2-4-14(3-1)16-11-24-13-18-19(16)22(30-9-7-23-8-10-30)28-21(27-18)15-5-6-25-20-17(15)12-26-29-20/h5-6,11-14,23H,1-4,7-10H2,(H,25,26,29). The number of fused-ring (bicyclic) bond motifs is 2. The lowest BCUT2D eigenvalue weighted by Crippen LogP contribution is -2.44. The molecule has 152 valence electrons. The van der Waals surface area contributed by atoms with Gasteiger partial charge in [0.05, 0.1) is 17.9 Å². The molecule has 2 N–H and O–H groups in total. The number of rotatable bonds is 3. The summed E-state index contributed by atoms with van der Waals surface area (Å²) in [5.41, 5.74) is 3.93. The van der Waals surface area contributed by atoms with Crippen molar-refractivity contribution in [3.63, 3.8) is 0 Å². The Hall–Kier alpha value is -3.13. The maximum atomic E-state index is 5.15. The Labute approximate surface area is 174 Å². The van der Waals surface area contributed by atoms with E-state index < -0.39 is 0 Å². The number of anilines is 1. The molecule has 1 aliphatic heterocycles. The van der Waals surface area contributed by atoms with Gasteiger partial charge in [-0.15, -0.1) is 0 Å². The summed E-state index contributed by atoms with van der Waals surface area (Å²) in [5.74, 6) is 2.29. The van der Waals surface area contributed by atoms with Gasteiger partial charge >= 0.3 is 0 Å². The summed E-state index contributed by atoms with van der Waals surface area (Å²) in [5, 5.41) is 12.7. The van der Waals surface area contributed by atoms with Crippen LogP contribution >= 0.6 is 0 Å². The molecular weight excluding hydrogens is 376 g/mol.